The number of nitrogens with one attached hydrogen (secondary N) is 1. The molecule has 0 aliphatic carbocycles. The molecule has 0 radical (unpaired) electrons. The average molecular weight is 427 g/mol. The Morgan fingerprint density at radius 2 is 2.00 bits per heavy atom. The van der Waals surface area contributed by atoms with E-state index >= 15 is 0 Å². The number of aromatic nitrogens is 4. The van der Waals surface area contributed by atoms with Gasteiger partial charge in [0.25, 0.3) is 0 Å². The van der Waals surface area contributed by atoms with Crippen molar-refractivity contribution < 1.29 is 4.74 Å². The third kappa shape index (κ3) is 4.71. The van der Waals surface area contributed by atoms with Crippen molar-refractivity contribution in [1.29, 1.82) is 0 Å². The summed E-state index contributed by atoms with van der Waals surface area (Å²) in [6.45, 7) is 14.6. The maximum Gasteiger partial charge on any atom is 0.187 e. The lowest BCUT2D eigenvalue weighted by atomic mass is 10.1. The van der Waals surface area contributed by atoms with Crippen LogP contribution in [0.25, 0.3) is 0 Å². The standard InChI is InChI=1S/C22H30N6OS/c1-6-28-12-18(16(4)26-28)11-27-7-8-29-21(13-27)20-10-19(9-14(2)23-20)25-22-24-15(3)17(5)30-22/h9-10,12,21H,6-8,11,13H2,1-5H3,(H,23,24,25). The first-order valence-electron chi connectivity index (χ1n) is 10.5. The van der Waals surface area contributed by atoms with Gasteiger partial charge in [0.05, 0.1) is 23.7 Å². The zero-order chi connectivity index (χ0) is 21.3. The Hall–Kier alpha value is -2.29. The number of morpholine rings is 1. The molecule has 7 nitrogen and oxygen atoms in total. The van der Waals surface area contributed by atoms with Gasteiger partial charge in [-0.3, -0.25) is 14.6 Å². The lowest BCUT2D eigenvalue weighted by molar-refractivity contribution is -0.0350. The average Bonchev–Trinajstić information content (AvgIpc) is 3.22. The van der Waals surface area contributed by atoms with Crippen molar-refractivity contribution >= 4 is 22.2 Å². The summed E-state index contributed by atoms with van der Waals surface area (Å²) in [6.07, 6.45) is 2.12. The van der Waals surface area contributed by atoms with Crippen LogP contribution in [0.2, 0.25) is 0 Å². The van der Waals surface area contributed by atoms with Crippen molar-refractivity contribution in [3.05, 3.63) is 51.5 Å². The van der Waals surface area contributed by atoms with Crippen LogP contribution in [0.1, 0.15) is 46.2 Å². The molecule has 0 spiro atoms. The largest absolute Gasteiger partial charge is 0.369 e. The highest BCUT2D eigenvalue weighted by atomic mass is 32.1. The van der Waals surface area contributed by atoms with Crippen molar-refractivity contribution in [2.75, 3.05) is 25.0 Å². The molecule has 1 atom stereocenters. The third-order valence-electron chi connectivity index (χ3n) is 5.50. The van der Waals surface area contributed by atoms with Gasteiger partial charge in [-0.15, -0.1) is 11.3 Å². The number of hydrogen-bond acceptors (Lipinski definition) is 7. The normalized spacial score (nSPS) is 17.4. The number of hydrogen-bond donors (Lipinski definition) is 1. The Balaban J connectivity index is 1.48. The van der Waals surface area contributed by atoms with Crippen LogP contribution in [-0.4, -0.2) is 44.3 Å². The van der Waals surface area contributed by atoms with E-state index in [0.29, 0.717) is 6.61 Å². The predicted molar refractivity (Wildman–Crippen MR) is 120 cm³/mol. The summed E-state index contributed by atoms with van der Waals surface area (Å²) in [5.74, 6) is 0. The van der Waals surface area contributed by atoms with E-state index in [-0.39, 0.29) is 6.10 Å². The molecular weight excluding hydrogens is 396 g/mol. The predicted octanol–water partition coefficient (Wildman–Crippen LogP) is 4.31. The topological polar surface area (TPSA) is 68.1 Å². The van der Waals surface area contributed by atoms with Gasteiger partial charge in [-0.1, -0.05) is 0 Å². The lowest BCUT2D eigenvalue weighted by Gasteiger charge is -2.32. The first-order chi connectivity index (χ1) is 14.4. The van der Waals surface area contributed by atoms with Crippen LogP contribution >= 0.6 is 11.3 Å². The van der Waals surface area contributed by atoms with E-state index in [0.717, 1.165) is 59.8 Å². The third-order valence-corrected chi connectivity index (χ3v) is 6.49. The van der Waals surface area contributed by atoms with E-state index in [2.05, 4.69) is 59.4 Å². The zero-order valence-electron chi connectivity index (χ0n) is 18.4. The van der Waals surface area contributed by atoms with E-state index in [1.54, 1.807) is 11.3 Å². The van der Waals surface area contributed by atoms with Gasteiger partial charge in [-0.2, -0.15) is 5.10 Å². The highest BCUT2D eigenvalue weighted by Gasteiger charge is 2.24. The van der Waals surface area contributed by atoms with Gasteiger partial charge in [0, 0.05) is 54.2 Å². The Bertz CT molecular complexity index is 1010. The number of ether oxygens (including phenoxy) is 1. The molecule has 4 rings (SSSR count). The molecule has 0 bridgehead atoms. The fourth-order valence-electron chi connectivity index (χ4n) is 3.72. The van der Waals surface area contributed by atoms with Crippen LogP contribution in [0.4, 0.5) is 10.8 Å². The fourth-order valence-corrected chi connectivity index (χ4v) is 4.56. The van der Waals surface area contributed by atoms with E-state index in [4.69, 9.17) is 9.72 Å². The maximum atomic E-state index is 6.11. The molecule has 1 aliphatic rings. The second kappa shape index (κ2) is 8.83. The Morgan fingerprint density at radius 1 is 1.17 bits per heavy atom. The summed E-state index contributed by atoms with van der Waals surface area (Å²) in [7, 11) is 0. The van der Waals surface area contributed by atoms with Crippen molar-refractivity contribution in [1.82, 2.24) is 24.6 Å². The molecule has 1 N–H and O–H groups in total. The minimum absolute atomic E-state index is 0.0412. The molecule has 0 saturated carbocycles. The number of anilines is 2. The number of thiazole rings is 1. The number of pyridine rings is 1. The Labute approximate surface area is 182 Å². The van der Waals surface area contributed by atoms with Gasteiger partial charge in [-0.05, 0) is 46.8 Å². The second-order valence-electron chi connectivity index (χ2n) is 7.90. The SMILES string of the molecule is CCn1cc(CN2CCOC(c3cc(Nc4nc(C)c(C)s4)cc(C)n3)C2)c(C)n1. The Kier molecular flexibility index (Phi) is 6.17. The van der Waals surface area contributed by atoms with Crippen LogP contribution in [-0.2, 0) is 17.8 Å². The zero-order valence-corrected chi connectivity index (χ0v) is 19.2. The van der Waals surface area contributed by atoms with Crippen molar-refractivity contribution in [3.8, 4) is 0 Å². The molecule has 0 amide bonds. The molecule has 1 aliphatic heterocycles. The maximum absolute atomic E-state index is 6.11. The molecule has 1 fully saturated rings. The monoisotopic (exact) mass is 426 g/mol. The summed E-state index contributed by atoms with van der Waals surface area (Å²) in [6, 6.07) is 4.15. The second-order valence-corrected chi connectivity index (χ2v) is 9.10. The molecule has 1 unspecified atom stereocenters. The van der Waals surface area contributed by atoms with Crippen molar-refractivity contribution in [3.63, 3.8) is 0 Å². The molecule has 8 heteroatoms. The number of aryl methyl sites for hydroxylation is 5. The first-order valence-corrected chi connectivity index (χ1v) is 11.3. The molecule has 4 heterocycles. The minimum Gasteiger partial charge on any atom is -0.369 e. The lowest BCUT2D eigenvalue weighted by Crippen LogP contribution is -2.38. The Morgan fingerprint density at radius 3 is 2.70 bits per heavy atom. The van der Waals surface area contributed by atoms with Crippen LogP contribution in [0.5, 0.6) is 0 Å². The summed E-state index contributed by atoms with van der Waals surface area (Å²) in [5.41, 5.74) is 6.41. The van der Waals surface area contributed by atoms with Gasteiger partial charge in [-0.25, -0.2) is 4.98 Å². The molecule has 3 aromatic heterocycles. The number of rotatable bonds is 6. The van der Waals surface area contributed by atoms with E-state index in [9.17, 15) is 0 Å². The highest BCUT2D eigenvalue weighted by Crippen LogP contribution is 2.28. The summed E-state index contributed by atoms with van der Waals surface area (Å²) < 4.78 is 8.11. The summed E-state index contributed by atoms with van der Waals surface area (Å²) >= 11 is 1.67. The van der Waals surface area contributed by atoms with Crippen LogP contribution in [0.3, 0.4) is 0 Å². The molecule has 160 valence electrons. The van der Waals surface area contributed by atoms with Gasteiger partial charge < -0.3 is 10.1 Å². The summed E-state index contributed by atoms with van der Waals surface area (Å²) in [5, 5.41) is 8.93. The number of nitrogens with zero attached hydrogens (tertiary/aromatic N) is 5. The van der Waals surface area contributed by atoms with Crippen molar-refractivity contribution in [2.45, 2.75) is 53.8 Å². The quantitative estimate of drug-likeness (QED) is 0.634. The highest BCUT2D eigenvalue weighted by molar-refractivity contribution is 7.15. The molecular formula is C22H30N6OS. The van der Waals surface area contributed by atoms with Crippen LogP contribution in [0.15, 0.2) is 18.3 Å². The van der Waals surface area contributed by atoms with Gasteiger partial charge >= 0.3 is 0 Å². The molecule has 0 aromatic carbocycles. The van der Waals surface area contributed by atoms with Gasteiger partial charge in [0.2, 0.25) is 0 Å². The van der Waals surface area contributed by atoms with Crippen molar-refractivity contribution in [2.24, 2.45) is 0 Å². The van der Waals surface area contributed by atoms with E-state index in [1.165, 1.54) is 10.4 Å². The molecule has 3 aromatic rings. The van der Waals surface area contributed by atoms with E-state index < -0.39 is 0 Å². The van der Waals surface area contributed by atoms with Gasteiger partial charge in [0.1, 0.15) is 6.10 Å². The summed E-state index contributed by atoms with van der Waals surface area (Å²) in [4.78, 5) is 13.0. The minimum atomic E-state index is -0.0412. The smallest absolute Gasteiger partial charge is 0.187 e. The first kappa shape index (κ1) is 21.0. The van der Waals surface area contributed by atoms with Crippen LogP contribution < -0.4 is 5.32 Å². The van der Waals surface area contributed by atoms with E-state index in [1.807, 2.05) is 18.5 Å². The molecule has 30 heavy (non-hydrogen) atoms. The van der Waals surface area contributed by atoms with Crippen LogP contribution in [0, 0.1) is 27.7 Å². The molecule has 1 saturated heterocycles. The van der Waals surface area contributed by atoms with Gasteiger partial charge in [0.15, 0.2) is 5.13 Å². The fraction of sp³-hybridized carbons (Fsp3) is 0.500.